The van der Waals surface area contributed by atoms with Gasteiger partial charge in [0.15, 0.2) is 0 Å². The SMILES string of the molecule is O=C(NC1CCCc2ccccc21)c1cnn2c1NC(=C1CC1)C=C2C(F)F. The number of halogens is 2. The van der Waals surface area contributed by atoms with Gasteiger partial charge in [0.25, 0.3) is 12.3 Å². The predicted molar refractivity (Wildman–Crippen MR) is 102 cm³/mol. The molecule has 5 rings (SSSR count). The maximum Gasteiger partial charge on any atom is 0.280 e. The lowest BCUT2D eigenvalue weighted by Crippen LogP contribution is -2.31. The van der Waals surface area contributed by atoms with Crippen molar-refractivity contribution in [3.8, 4) is 0 Å². The van der Waals surface area contributed by atoms with Crippen molar-refractivity contribution in [2.45, 2.75) is 44.6 Å². The Balaban J connectivity index is 1.46. The van der Waals surface area contributed by atoms with Crippen LogP contribution in [0.5, 0.6) is 0 Å². The molecule has 1 unspecified atom stereocenters. The number of hydrogen-bond acceptors (Lipinski definition) is 3. The molecule has 2 heterocycles. The summed E-state index contributed by atoms with van der Waals surface area (Å²) in [6.45, 7) is 0. The minimum absolute atomic E-state index is 0.0806. The van der Waals surface area contributed by atoms with Crippen molar-refractivity contribution in [2.75, 3.05) is 5.32 Å². The maximum absolute atomic E-state index is 13.5. The van der Waals surface area contributed by atoms with Crippen LogP contribution in [0.1, 0.15) is 53.2 Å². The number of hydrogen-bond donors (Lipinski definition) is 2. The van der Waals surface area contributed by atoms with Gasteiger partial charge in [-0.25, -0.2) is 13.5 Å². The van der Waals surface area contributed by atoms with E-state index in [2.05, 4.69) is 21.8 Å². The van der Waals surface area contributed by atoms with Crippen LogP contribution in [0.15, 0.2) is 47.8 Å². The van der Waals surface area contributed by atoms with E-state index >= 15 is 0 Å². The van der Waals surface area contributed by atoms with Crippen LogP contribution in [0, 0.1) is 0 Å². The smallest absolute Gasteiger partial charge is 0.280 e. The summed E-state index contributed by atoms with van der Waals surface area (Å²) in [5, 5.41) is 10.3. The summed E-state index contributed by atoms with van der Waals surface area (Å²) in [4.78, 5) is 13.0. The van der Waals surface area contributed by atoms with Gasteiger partial charge in [-0.2, -0.15) is 5.10 Å². The number of alkyl halides is 2. The second kappa shape index (κ2) is 6.58. The standard InChI is InChI=1S/C21H20F2N4O/c22-19(23)18-10-17(13-8-9-13)25-20-15(11-24-27(18)20)21(28)26-16-7-3-5-12-4-1-2-6-14(12)16/h1-2,4,6,10-11,16,19,25H,3,5,7-9H2,(H,26,28). The molecule has 5 nitrogen and oxygen atoms in total. The van der Waals surface area contributed by atoms with Crippen LogP contribution in [0.25, 0.3) is 5.70 Å². The van der Waals surface area contributed by atoms with Crippen LogP contribution in [-0.4, -0.2) is 22.1 Å². The largest absolute Gasteiger partial charge is 0.345 e. The molecule has 1 fully saturated rings. The van der Waals surface area contributed by atoms with Crippen molar-refractivity contribution >= 4 is 17.4 Å². The minimum Gasteiger partial charge on any atom is -0.345 e. The number of rotatable bonds is 3. The molecule has 1 saturated carbocycles. The lowest BCUT2D eigenvalue weighted by Gasteiger charge is -2.26. The van der Waals surface area contributed by atoms with Gasteiger partial charge in [0.05, 0.1) is 12.2 Å². The number of allylic oxidation sites excluding steroid dienone is 3. The summed E-state index contributed by atoms with van der Waals surface area (Å²) in [5.41, 5.74) is 4.22. The molecule has 144 valence electrons. The Morgan fingerprint density at radius 1 is 1.25 bits per heavy atom. The second-order valence-electron chi connectivity index (χ2n) is 7.45. The summed E-state index contributed by atoms with van der Waals surface area (Å²) in [6, 6.07) is 8.03. The summed E-state index contributed by atoms with van der Waals surface area (Å²) in [6.07, 6.45) is 4.78. The highest BCUT2D eigenvalue weighted by Crippen LogP contribution is 2.38. The average molecular weight is 382 g/mol. The fourth-order valence-electron chi connectivity index (χ4n) is 4.02. The molecule has 2 aliphatic carbocycles. The highest BCUT2D eigenvalue weighted by molar-refractivity contribution is 6.00. The van der Waals surface area contributed by atoms with E-state index in [9.17, 15) is 13.6 Å². The first kappa shape index (κ1) is 17.2. The van der Waals surface area contributed by atoms with Crippen LogP contribution < -0.4 is 10.6 Å². The Hall–Kier alpha value is -2.96. The van der Waals surface area contributed by atoms with Gasteiger partial charge in [-0.1, -0.05) is 24.3 Å². The molecule has 0 saturated heterocycles. The molecule has 1 aliphatic heterocycles. The highest BCUT2D eigenvalue weighted by atomic mass is 19.3. The van der Waals surface area contributed by atoms with Gasteiger partial charge >= 0.3 is 0 Å². The molecule has 0 bridgehead atoms. The Bertz CT molecular complexity index is 1020. The zero-order chi connectivity index (χ0) is 19.3. The number of amides is 1. The van der Waals surface area contributed by atoms with E-state index in [1.807, 2.05) is 18.2 Å². The molecule has 2 aromatic rings. The van der Waals surface area contributed by atoms with Gasteiger partial charge in [-0.3, -0.25) is 4.79 Å². The molecule has 2 N–H and O–H groups in total. The number of benzene rings is 1. The quantitative estimate of drug-likeness (QED) is 0.834. The zero-order valence-electron chi connectivity index (χ0n) is 15.2. The predicted octanol–water partition coefficient (Wildman–Crippen LogP) is 4.27. The Kier molecular flexibility index (Phi) is 4.03. The number of fused-ring (bicyclic) bond motifs is 2. The fourth-order valence-corrected chi connectivity index (χ4v) is 4.02. The lowest BCUT2D eigenvalue weighted by atomic mass is 9.87. The summed E-state index contributed by atoms with van der Waals surface area (Å²) < 4.78 is 28.2. The first-order valence-electron chi connectivity index (χ1n) is 9.57. The first-order chi connectivity index (χ1) is 13.6. The van der Waals surface area contributed by atoms with Crippen molar-refractivity contribution < 1.29 is 13.6 Å². The number of nitrogens with one attached hydrogen (secondary N) is 2. The van der Waals surface area contributed by atoms with Gasteiger partial charge in [0.1, 0.15) is 17.1 Å². The van der Waals surface area contributed by atoms with Gasteiger partial charge < -0.3 is 10.6 Å². The van der Waals surface area contributed by atoms with E-state index < -0.39 is 6.43 Å². The van der Waals surface area contributed by atoms with Crippen molar-refractivity contribution in [3.05, 3.63) is 64.5 Å². The number of nitrogens with zero attached hydrogens (tertiary/aromatic N) is 2. The Morgan fingerprint density at radius 2 is 2.07 bits per heavy atom. The molecule has 1 atom stereocenters. The fraction of sp³-hybridized carbons (Fsp3) is 0.333. The van der Waals surface area contributed by atoms with Crippen LogP contribution >= 0.6 is 0 Å². The molecule has 1 amide bonds. The molecule has 7 heteroatoms. The third kappa shape index (κ3) is 2.91. The van der Waals surface area contributed by atoms with E-state index in [-0.39, 0.29) is 23.2 Å². The van der Waals surface area contributed by atoms with Crippen molar-refractivity contribution in [3.63, 3.8) is 0 Å². The summed E-state index contributed by atoms with van der Waals surface area (Å²) in [7, 11) is 0. The van der Waals surface area contributed by atoms with Crippen molar-refractivity contribution in [2.24, 2.45) is 0 Å². The van der Waals surface area contributed by atoms with E-state index in [1.165, 1.54) is 17.8 Å². The lowest BCUT2D eigenvalue weighted by molar-refractivity contribution is 0.0933. The molecular formula is C21H20F2N4O. The normalized spacial score (nSPS) is 20.2. The number of anilines is 1. The molecule has 1 aromatic heterocycles. The van der Waals surface area contributed by atoms with Gasteiger partial charge in [-0.15, -0.1) is 0 Å². The third-order valence-corrected chi connectivity index (χ3v) is 5.58. The second-order valence-corrected chi connectivity index (χ2v) is 7.45. The van der Waals surface area contributed by atoms with Crippen molar-refractivity contribution in [1.29, 1.82) is 0 Å². The molecule has 3 aliphatic rings. The zero-order valence-corrected chi connectivity index (χ0v) is 15.2. The third-order valence-electron chi connectivity index (χ3n) is 5.58. The van der Waals surface area contributed by atoms with Crippen molar-refractivity contribution in [1.82, 2.24) is 15.1 Å². The van der Waals surface area contributed by atoms with E-state index in [0.717, 1.165) is 47.9 Å². The van der Waals surface area contributed by atoms with E-state index in [1.54, 1.807) is 0 Å². The van der Waals surface area contributed by atoms with Gasteiger partial charge in [0.2, 0.25) is 0 Å². The van der Waals surface area contributed by atoms with E-state index in [4.69, 9.17) is 0 Å². The minimum atomic E-state index is -2.67. The first-order valence-corrected chi connectivity index (χ1v) is 9.57. The van der Waals surface area contributed by atoms with Crippen LogP contribution in [-0.2, 0) is 6.42 Å². The molecule has 1 aromatic carbocycles. The molecular weight excluding hydrogens is 362 g/mol. The van der Waals surface area contributed by atoms with Crippen LogP contribution in [0.2, 0.25) is 0 Å². The average Bonchev–Trinajstić information content (AvgIpc) is 3.46. The highest BCUT2D eigenvalue weighted by Gasteiger charge is 2.31. The van der Waals surface area contributed by atoms with Crippen LogP contribution in [0.3, 0.4) is 0 Å². The molecule has 0 spiro atoms. The number of carbonyl (C=O) groups excluding carboxylic acids is 1. The van der Waals surface area contributed by atoms with Crippen LogP contribution in [0.4, 0.5) is 14.6 Å². The summed E-state index contributed by atoms with van der Waals surface area (Å²) in [5.74, 6) is 0.0138. The Morgan fingerprint density at radius 3 is 2.86 bits per heavy atom. The number of aryl methyl sites for hydroxylation is 1. The van der Waals surface area contributed by atoms with Gasteiger partial charge in [-0.05, 0) is 54.9 Å². The number of aromatic nitrogens is 2. The maximum atomic E-state index is 13.5. The summed E-state index contributed by atoms with van der Waals surface area (Å²) >= 11 is 0. The molecule has 0 radical (unpaired) electrons. The topological polar surface area (TPSA) is 59.0 Å². The number of carbonyl (C=O) groups is 1. The molecule has 28 heavy (non-hydrogen) atoms. The Labute approximate surface area is 161 Å². The van der Waals surface area contributed by atoms with E-state index in [0.29, 0.717) is 11.5 Å². The monoisotopic (exact) mass is 382 g/mol. The van der Waals surface area contributed by atoms with Gasteiger partial charge in [0, 0.05) is 5.70 Å².